The molecule has 2 aromatic heterocycles. The fraction of sp³-hybridized carbons (Fsp3) is 0.250. The Morgan fingerprint density at radius 2 is 1.55 bits per heavy atom. The number of nitrogens with zero attached hydrogens (tertiary/aromatic N) is 3. The second kappa shape index (κ2) is 7.47. The maximum Gasteiger partial charge on any atom is 0.331 e. The van der Waals surface area contributed by atoms with Gasteiger partial charge in [0, 0.05) is 31.9 Å². The number of aromatic nitrogens is 3. The number of hydrogen-bond donors (Lipinski definition) is 1. The molecule has 5 rings (SSSR count). The maximum atomic E-state index is 13.0. The Labute approximate surface area is 189 Å². The summed E-state index contributed by atoms with van der Waals surface area (Å²) in [6.45, 7) is 0. The number of ether oxygens (including phenoxy) is 3. The predicted molar refractivity (Wildman–Crippen MR) is 125 cm³/mol. The third-order valence-corrected chi connectivity index (χ3v) is 6.24. The monoisotopic (exact) mass is 448 g/mol. The quantitative estimate of drug-likeness (QED) is 0.516. The van der Waals surface area contributed by atoms with Gasteiger partial charge in [0.25, 0.3) is 5.56 Å². The van der Waals surface area contributed by atoms with E-state index in [1.54, 1.807) is 40.6 Å². The van der Waals surface area contributed by atoms with Gasteiger partial charge in [-0.1, -0.05) is 12.1 Å². The van der Waals surface area contributed by atoms with Gasteiger partial charge in [-0.3, -0.25) is 13.9 Å². The Morgan fingerprint density at radius 3 is 2.24 bits per heavy atom. The number of benzene rings is 2. The predicted octanol–water partition coefficient (Wildman–Crippen LogP) is 2.57. The molecule has 9 nitrogen and oxygen atoms in total. The molecular formula is C24H24N4O5. The first kappa shape index (κ1) is 20.7. The number of para-hydroxylation sites is 2. The Balaban J connectivity index is 1.91. The lowest BCUT2D eigenvalue weighted by Crippen LogP contribution is -2.37. The minimum absolute atomic E-state index is 0.342. The van der Waals surface area contributed by atoms with Crippen LogP contribution in [0.4, 0.5) is 5.69 Å². The van der Waals surface area contributed by atoms with Gasteiger partial charge < -0.3 is 24.1 Å². The summed E-state index contributed by atoms with van der Waals surface area (Å²) < 4.78 is 21.3. The molecule has 0 unspecified atom stereocenters. The summed E-state index contributed by atoms with van der Waals surface area (Å²) in [5, 5.41) is 4.03. The third kappa shape index (κ3) is 2.85. The van der Waals surface area contributed by atoms with Crippen molar-refractivity contribution in [2.24, 2.45) is 14.1 Å². The lowest BCUT2D eigenvalue weighted by atomic mass is 9.98. The first-order valence-corrected chi connectivity index (χ1v) is 10.4. The van der Waals surface area contributed by atoms with E-state index in [1.165, 1.54) is 11.6 Å². The average Bonchev–Trinajstić information content (AvgIpc) is 3.26. The van der Waals surface area contributed by atoms with E-state index in [1.807, 2.05) is 34.9 Å². The number of methoxy groups -OCH3 is 3. The largest absolute Gasteiger partial charge is 0.496 e. The SMILES string of the molecule is COc1cc(OC)c([C@H]2Nc3ccccc3-n3cc4c(=O)n(C)c(=O)n(C)c4c32)cc1OC. The van der Waals surface area contributed by atoms with Crippen molar-refractivity contribution in [1.82, 2.24) is 13.7 Å². The normalized spacial score (nSPS) is 14.4. The first-order chi connectivity index (χ1) is 15.9. The molecule has 4 aromatic rings. The topological polar surface area (TPSA) is 88.7 Å². The lowest BCUT2D eigenvalue weighted by Gasteiger charge is -2.31. The number of hydrogen-bond acceptors (Lipinski definition) is 6. The zero-order valence-corrected chi connectivity index (χ0v) is 19.0. The molecule has 0 fully saturated rings. The molecule has 1 N–H and O–H groups in total. The van der Waals surface area contributed by atoms with E-state index in [2.05, 4.69) is 5.32 Å². The van der Waals surface area contributed by atoms with Gasteiger partial charge in [-0.25, -0.2) is 4.79 Å². The molecule has 1 atom stereocenters. The van der Waals surface area contributed by atoms with Gasteiger partial charge in [0.05, 0.1) is 55.3 Å². The van der Waals surface area contributed by atoms with E-state index in [-0.39, 0.29) is 5.56 Å². The van der Waals surface area contributed by atoms with Crippen molar-refractivity contribution in [2.75, 3.05) is 26.6 Å². The molecule has 3 heterocycles. The second-order valence-electron chi connectivity index (χ2n) is 7.90. The molecule has 1 aliphatic heterocycles. The average molecular weight is 448 g/mol. The Kier molecular flexibility index (Phi) is 4.70. The van der Waals surface area contributed by atoms with Crippen molar-refractivity contribution in [3.8, 4) is 22.9 Å². The van der Waals surface area contributed by atoms with Gasteiger partial charge in [0.1, 0.15) is 5.75 Å². The summed E-state index contributed by atoms with van der Waals surface area (Å²) >= 11 is 0. The second-order valence-corrected chi connectivity index (χ2v) is 7.90. The van der Waals surface area contributed by atoms with Crippen LogP contribution in [0.3, 0.4) is 0 Å². The fourth-order valence-electron chi connectivity index (χ4n) is 4.62. The summed E-state index contributed by atoms with van der Waals surface area (Å²) in [5.74, 6) is 1.66. The van der Waals surface area contributed by atoms with Crippen LogP contribution in [0.2, 0.25) is 0 Å². The number of aryl methyl sites for hydroxylation is 1. The van der Waals surface area contributed by atoms with Crippen molar-refractivity contribution >= 4 is 16.6 Å². The molecule has 0 spiro atoms. The Hall–Kier alpha value is -4.14. The van der Waals surface area contributed by atoms with Crippen molar-refractivity contribution < 1.29 is 14.2 Å². The Morgan fingerprint density at radius 1 is 0.879 bits per heavy atom. The summed E-state index contributed by atoms with van der Waals surface area (Å²) in [7, 11) is 7.89. The minimum atomic E-state index is -0.440. The molecule has 2 aromatic carbocycles. The minimum Gasteiger partial charge on any atom is -0.496 e. The number of anilines is 1. The van der Waals surface area contributed by atoms with Crippen molar-refractivity contribution in [1.29, 1.82) is 0 Å². The molecular weight excluding hydrogens is 424 g/mol. The maximum absolute atomic E-state index is 13.0. The molecule has 33 heavy (non-hydrogen) atoms. The zero-order valence-electron chi connectivity index (χ0n) is 19.0. The van der Waals surface area contributed by atoms with Crippen molar-refractivity contribution in [2.45, 2.75) is 6.04 Å². The van der Waals surface area contributed by atoms with Crippen LogP contribution >= 0.6 is 0 Å². The van der Waals surface area contributed by atoms with Crippen LogP contribution in [0.15, 0.2) is 52.2 Å². The van der Waals surface area contributed by atoms with Crippen LogP contribution in [0.25, 0.3) is 16.6 Å². The lowest BCUT2D eigenvalue weighted by molar-refractivity contribution is 0.347. The van der Waals surface area contributed by atoms with E-state index < -0.39 is 11.7 Å². The van der Waals surface area contributed by atoms with Crippen LogP contribution in [0.5, 0.6) is 17.2 Å². The first-order valence-electron chi connectivity index (χ1n) is 10.4. The summed E-state index contributed by atoms with van der Waals surface area (Å²) in [6.07, 6.45) is 1.80. The molecule has 0 radical (unpaired) electrons. The summed E-state index contributed by atoms with van der Waals surface area (Å²) in [6, 6.07) is 11.0. The highest BCUT2D eigenvalue weighted by Crippen LogP contribution is 2.45. The van der Waals surface area contributed by atoms with Crippen LogP contribution < -0.4 is 30.8 Å². The standard InChI is InChI=1S/C24H24N4O5/c1-26-21-14(23(29)27(2)24(26)30)12-28-16-9-7-6-8-15(16)25-20(22(21)28)13-10-18(32-4)19(33-5)11-17(13)31-3/h6-12,20,25H,1-5H3/t20-/m1/s1. The molecule has 0 amide bonds. The molecule has 0 saturated heterocycles. The number of fused-ring (bicyclic) bond motifs is 5. The summed E-state index contributed by atoms with van der Waals surface area (Å²) in [4.78, 5) is 25.9. The highest BCUT2D eigenvalue weighted by Gasteiger charge is 2.33. The van der Waals surface area contributed by atoms with Gasteiger partial charge >= 0.3 is 5.69 Å². The van der Waals surface area contributed by atoms with Gasteiger partial charge in [-0.05, 0) is 18.2 Å². The highest BCUT2D eigenvalue weighted by atomic mass is 16.5. The van der Waals surface area contributed by atoms with Crippen LogP contribution in [-0.4, -0.2) is 35.0 Å². The van der Waals surface area contributed by atoms with Gasteiger partial charge in [-0.15, -0.1) is 0 Å². The molecule has 9 heteroatoms. The van der Waals surface area contributed by atoms with Crippen LogP contribution in [0.1, 0.15) is 17.3 Å². The molecule has 0 aliphatic carbocycles. The third-order valence-electron chi connectivity index (χ3n) is 6.24. The number of rotatable bonds is 4. The van der Waals surface area contributed by atoms with Gasteiger partial charge in [0.2, 0.25) is 0 Å². The number of nitrogens with one attached hydrogen (secondary N) is 1. The smallest absolute Gasteiger partial charge is 0.331 e. The van der Waals surface area contributed by atoms with E-state index in [0.29, 0.717) is 28.2 Å². The molecule has 1 aliphatic rings. The molecule has 170 valence electrons. The summed E-state index contributed by atoms with van der Waals surface area (Å²) in [5.41, 5.74) is 3.13. The van der Waals surface area contributed by atoms with Crippen LogP contribution in [-0.2, 0) is 14.1 Å². The van der Waals surface area contributed by atoms with E-state index >= 15 is 0 Å². The fourth-order valence-corrected chi connectivity index (χ4v) is 4.62. The van der Waals surface area contributed by atoms with E-state index in [4.69, 9.17) is 14.2 Å². The van der Waals surface area contributed by atoms with Crippen LogP contribution in [0, 0.1) is 0 Å². The zero-order chi connectivity index (χ0) is 23.4. The highest BCUT2D eigenvalue weighted by molar-refractivity contribution is 5.86. The molecule has 0 bridgehead atoms. The van der Waals surface area contributed by atoms with Crippen molar-refractivity contribution in [3.63, 3.8) is 0 Å². The Bertz CT molecular complexity index is 1530. The van der Waals surface area contributed by atoms with E-state index in [0.717, 1.165) is 27.2 Å². The van der Waals surface area contributed by atoms with E-state index in [9.17, 15) is 9.59 Å². The van der Waals surface area contributed by atoms with Gasteiger partial charge in [0.15, 0.2) is 11.5 Å². The van der Waals surface area contributed by atoms with Gasteiger partial charge in [-0.2, -0.15) is 0 Å². The molecule has 0 saturated carbocycles. The van der Waals surface area contributed by atoms with Crippen molar-refractivity contribution in [3.05, 3.63) is 74.7 Å².